The number of aryl methyl sites for hydroxylation is 1. The lowest BCUT2D eigenvalue weighted by molar-refractivity contribution is 0.0995. The third-order valence-corrected chi connectivity index (χ3v) is 2.10. The summed E-state index contributed by atoms with van der Waals surface area (Å²) in [6.07, 6.45) is 0. The first-order valence-electron chi connectivity index (χ1n) is 3.91. The number of nitrogens with zero attached hydrogens (tertiary/aromatic N) is 3. The Balaban J connectivity index is 2.80. The molecule has 0 unspecified atom stereocenters. The maximum Gasteiger partial charge on any atom is 0.269 e. The van der Waals surface area contributed by atoms with Crippen LogP contribution in [0.4, 0.5) is 0 Å². The maximum atomic E-state index is 11.0. The molecule has 0 aliphatic carbocycles. The lowest BCUT2D eigenvalue weighted by Crippen LogP contribution is -2.13. The molecule has 0 aliphatic rings. The number of carbonyl (C=O) groups excluding carboxylic acids is 1. The summed E-state index contributed by atoms with van der Waals surface area (Å²) < 4.78 is 1.49. The van der Waals surface area contributed by atoms with Crippen molar-refractivity contribution in [3.8, 4) is 0 Å². The zero-order chi connectivity index (χ0) is 10.3. The zero-order valence-electron chi connectivity index (χ0n) is 7.36. The van der Waals surface area contributed by atoms with Gasteiger partial charge in [0.15, 0.2) is 11.3 Å². The van der Waals surface area contributed by atoms with Crippen LogP contribution in [0.5, 0.6) is 0 Å². The van der Waals surface area contributed by atoms with Crippen molar-refractivity contribution < 1.29 is 4.79 Å². The van der Waals surface area contributed by atoms with E-state index in [4.69, 9.17) is 17.3 Å². The molecule has 0 saturated heterocycles. The SMILES string of the molecule is Cc1c(C(N)=O)nc2ccc(Cl)nn12. The quantitative estimate of drug-likeness (QED) is 0.756. The van der Waals surface area contributed by atoms with Crippen molar-refractivity contribution in [1.82, 2.24) is 14.6 Å². The van der Waals surface area contributed by atoms with Crippen LogP contribution in [0.3, 0.4) is 0 Å². The van der Waals surface area contributed by atoms with Gasteiger partial charge in [-0.2, -0.15) is 5.10 Å². The predicted molar refractivity (Wildman–Crippen MR) is 51.3 cm³/mol. The summed E-state index contributed by atoms with van der Waals surface area (Å²) in [4.78, 5) is 15.0. The van der Waals surface area contributed by atoms with Crippen molar-refractivity contribution in [2.75, 3.05) is 0 Å². The Morgan fingerprint density at radius 1 is 1.57 bits per heavy atom. The molecule has 0 radical (unpaired) electrons. The first kappa shape index (κ1) is 8.96. The molecule has 5 nitrogen and oxygen atoms in total. The Labute approximate surface area is 84.5 Å². The molecule has 2 N–H and O–H groups in total. The van der Waals surface area contributed by atoms with Crippen LogP contribution < -0.4 is 5.73 Å². The highest BCUT2D eigenvalue weighted by atomic mass is 35.5. The highest BCUT2D eigenvalue weighted by Gasteiger charge is 2.13. The highest BCUT2D eigenvalue weighted by molar-refractivity contribution is 6.29. The number of rotatable bonds is 1. The first-order valence-corrected chi connectivity index (χ1v) is 4.29. The molecule has 72 valence electrons. The minimum absolute atomic E-state index is 0.222. The molecular weight excluding hydrogens is 204 g/mol. The number of carbonyl (C=O) groups is 1. The monoisotopic (exact) mass is 210 g/mol. The van der Waals surface area contributed by atoms with Gasteiger partial charge in [-0.15, -0.1) is 0 Å². The predicted octanol–water partition coefficient (Wildman–Crippen LogP) is 0.790. The van der Waals surface area contributed by atoms with E-state index in [9.17, 15) is 4.79 Å². The van der Waals surface area contributed by atoms with E-state index in [-0.39, 0.29) is 5.69 Å². The summed E-state index contributed by atoms with van der Waals surface area (Å²) in [5, 5.41) is 4.33. The second-order valence-corrected chi connectivity index (χ2v) is 3.22. The average Bonchev–Trinajstić information content (AvgIpc) is 2.44. The standard InChI is InChI=1S/C8H7ClN4O/c1-4-7(8(10)14)11-6-3-2-5(9)12-13(4)6/h2-3H,1H3,(H2,10,14). The van der Waals surface area contributed by atoms with Gasteiger partial charge in [-0.05, 0) is 19.1 Å². The molecular formula is C8H7ClN4O. The van der Waals surface area contributed by atoms with Gasteiger partial charge in [-0.3, -0.25) is 4.79 Å². The van der Waals surface area contributed by atoms with E-state index in [2.05, 4.69) is 10.1 Å². The molecule has 0 aromatic carbocycles. The number of imidazole rings is 1. The van der Waals surface area contributed by atoms with E-state index >= 15 is 0 Å². The lowest BCUT2D eigenvalue weighted by Gasteiger charge is -1.94. The second kappa shape index (κ2) is 2.95. The van der Waals surface area contributed by atoms with E-state index in [1.807, 2.05) is 0 Å². The van der Waals surface area contributed by atoms with Gasteiger partial charge in [0.1, 0.15) is 5.15 Å². The Hall–Kier alpha value is -1.62. The van der Waals surface area contributed by atoms with Gasteiger partial charge in [0.05, 0.1) is 5.69 Å². The molecule has 2 rings (SSSR count). The molecule has 2 aromatic heterocycles. The van der Waals surface area contributed by atoms with Crippen LogP contribution in [0.15, 0.2) is 12.1 Å². The fourth-order valence-corrected chi connectivity index (χ4v) is 1.39. The summed E-state index contributed by atoms with van der Waals surface area (Å²) in [7, 11) is 0. The van der Waals surface area contributed by atoms with Crippen molar-refractivity contribution in [2.45, 2.75) is 6.92 Å². The fourth-order valence-electron chi connectivity index (χ4n) is 1.25. The van der Waals surface area contributed by atoms with Gasteiger partial charge in [-0.1, -0.05) is 11.6 Å². The summed E-state index contributed by atoms with van der Waals surface area (Å²) in [5.74, 6) is -0.566. The summed E-state index contributed by atoms with van der Waals surface area (Å²) in [5.41, 5.74) is 6.51. The minimum Gasteiger partial charge on any atom is -0.364 e. The number of nitrogens with two attached hydrogens (primary N) is 1. The average molecular weight is 211 g/mol. The van der Waals surface area contributed by atoms with E-state index < -0.39 is 5.91 Å². The molecule has 0 saturated carbocycles. The molecule has 2 heterocycles. The van der Waals surface area contributed by atoms with Gasteiger partial charge in [0.2, 0.25) is 0 Å². The number of fused-ring (bicyclic) bond motifs is 1. The van der Waals surface area contributed by atoms with Crippen LogP contribution in [0.25, 0.3) is 5.65 Å². The van der Waals surface area contributed by atoms with Crippen molar-refractivity contribution in [3.63, 3.8) is 0 Å². The second-order valence-electron chi connectivity index (χ2n) is 2.84. The Bertz CT molecular complexity index is 519. The number of hydrogen-bond acceptors (Lipinski definition) is 3. The Morgan fingerprint density at radius 2 is 2.29 bits per heavy atom. The number of hydrogen-bond donors (Lipinski definition) is 1. The third-order valence-electron chi connectivity index (χ3n) is 1.90. The molecule has 2 aromatic rings. The topological polar surface area (TPSA) is 73.3 Å². The van der Waals surface area contributed by atoms with Crippen molar-refractivity contribution >= 4 is 23.2 Å². The molecule has 1 amide bonds. The molecule has 0 fully saturated rings. The van der Waals surface area contributed by atoms with Crippen LogP contribution in [-0.2, 0) is 0 Å². The first-order chi connectivity index (χ1) is 6.59. The minimum atomic E-state index is -0.566. The van der Waals surface area contributed by atoms with Crippen LogP contribution >= 0.6 is 11.6 Å². The summed E-state index contributed by atoms with van der Waals surface area (Å²) in [6.45, 7) is 1.71. The van der Waals surface area contributed by atoms with Crippen LogP contribution in [0.1, 0.15) is 16.2 Å². The van der Waals surface area contributed by atoms with Gasteiger partial charge < -0.3 is 5.73 Å². The summed E-state index contributed by atoms with van der Waals surface area (Å²) >= 11 is 5.70. The Morgan fingerprint density at radius 3 is 2.93 bits per heavy atom. The van der Waals surface area contributed by atoms with Gasteiger partial charge in [0.25, 0.3) is 5.91 Å². The van der Waals surface area contributed by atoms with Crippen LogP contribution in [0, 0.1) is 6.92 Å². The molecule has 0 spiro atoms. The van der Waals surface area contributed by atoms with Crippen molar-refractivity contribution in [1.29, 1.82) is 0 Å². The molecule has 0 atom stereocenters. The van der Waals surface area contributed by atoms with E-state index in [1.165, 1.54) is 4.52 Å². The Kier molecular flexibility index (Phi) is 1.89. The fraction of sp³-hybridized carbons (Fsp3) is 0.125. The number of halogens is 1. The normalized spacial score (nSPS) is 10.7. The maximum absolute atomic E-state index is 11.0. The van der Waals surface area contributed by atoms with E-state index in [0.717, 1.165) is 0 Å². The number of primary amides is 1. The molecule has 6 heteroatoms. The lowest BCUT2D eigenvalue weighted by atomic mass is 10.3. The van der Waals surface area contributed by atoms with E-state index in [1.54, 1.807) is 19.1 Å². The molecule has 0 bridgehead atoms. The van der Waals surface area contributed by atoms with Gasteiger partial charge in [0, 0.05) is 0 Å². The summed E-state index contributed by atoms with van der Waals surface area (Å²) in [6, 6.07) is 3.28. The van der Waals surface area contributed by atoms with Crippen LogP contribution in [-0.4, -0.2) is 20.5 Å². The largest absolute Gasteiger partial charge is 0.364 e. The van der Waals surface area contributed by atoms with E-state index in [0.29, 0.717) is 16.5 Å². The molecule has 14 heavy (non-hydrogen) atoms. The third kappa shape index (κ3) is 1.22. The zero-order valence-corrected chi connectivity index (χ0v) is 8.12. The van der Waals surface area contributed by atoms with Gasteiger partial charge in [-0.25, -0.2) is 9.50 Å². The van der Waals surface area contributed by atoms with Crippen molar-refractivity contribution in [2.24, 2.45) is 5.73 Å². The van der Waals surface area contributed by atoms with Crippen molar-refractivity contribution in [3.05, 3.63) is 28.7 Å². The van der Waals surface area contributed by atoms with Crippen LogP contribution in [0.2, 0.25) is 5.15 Å². The smallest absolute Gasteiger partial charge is 0.269 e. The van der Waals surface area contributed by atoms with Gasteiger partial charge >= 0.3 is 0 Å². The molecule has 0 aliphatic heterocycles. The number of aromatic nitrogens is 3. The highest BCUT2D eigenvalue weighted by Crippen LogP contribution is 2.12. The number of amides is 1.